The van der Waals surface area contributed by atoms with E-state index in [1.165, 1.54) is 24.3 Å². The molecular formula is C13H15NO8S. The fraction of sp³-hybridized carbons (Fsp3) is 0.462. The molecule has 3 N–H and O–H groups in total. The lowest BCUT2D eigenvalue weighted by Crippen LogP contribution is -2.62. The third-order valence-corrected chi connectivity index (χ3v) is 4.76. The number of aliphatic hydroxyl groups excluding tert-OH is 3. The van der Waals surface area contributed by atoms with E-state index in [-0.39, 0.29) is 10.6 Å². The van der Waals surface area contributed by atoms with Gasteiger partial charge in [-0.3, -0.25) is 10.1 Å². The Morgan fingerprint density at radius 3 is 2.70 bits per heavy atom. The predicted octanol–water partition coefficient (Wildman–Crippen LogP) is -0.331. The predicted molar refractivity (Wildman–Crippen MR) is 77.7 cm³/mol. The second-order valence-electron chi connectivity index (χ2n) is 4.80. The molecule has 1 fully saturated rings. The molecule has 23 heavy (non-hydrogen) atoms. The van der Waals surface area contributed by atoms with E-state index in [0.29, 0.717) is 11.8 Å². The number of esters is 1. The van der Waals surface area contributed by atoms with Gasteiger partial charge in [0.05, 0.1) is 23.5 Å². The number of aliphatic hydroxyl groups is 3. The molecule has 1 aliphatic heterocycles. The molecule has 1 heterocycles. The molecule has 1 aromatic rings. The Balaban J connectivity index is 2.45. The Morgan fingerprint density at radius 2 is 2.09 bits per heavy atom. The van der Waals surface area contributed by atoms with Crippen molar-refractivity contribution in [2.24, 2.45) is 0 Å². The van der Waals surface area contributed by atoms with Gasteiger partial charge in [0.1, 0.15) is 18.3 Å². The van der Waals surface area contributed by atoms with Gasteiger partial charge in [0.2, 0.25) is 4.93 Å². The van der Waals surface area contributed by atoms with Crippen molar-refractivity contribution in [2.75, 3.05) is 13.7 Å². The summed E-state index contributed by atoms with van der Waals surface area (Å²) in [5.41, 5.74) is -0.294. The minimum atomic E-state index is -2.13. The summed E-state index contributed by atoms with van der Waals surface area (Å²) >= 11 is 0.554. The molecule has 0 bridgehead atoms. The minimum Gasteiger partial charge on any atom is -0.466 e. The molecule has 10 heteroatoms. The van der Waals surface area contributed by atoms with Crippen LogP contribution in [0, 0.1) is 10.1 Å². The number of rotatable bonds is 4. The van der Waals surface area contributed by atoms with Crippen LogP contribution in [-0.2, 0) is 14.3 Å². The summed E-state index contributed by atoms with van der Waals surface area (Å²) in [6.45, 7) is -0.443. The number of hydrogen-bond acceptors (Lipinski definition) is 9. The number of carbonyl (C=O) groups excluding carboxylic acids is 1. The summed E-state index contributed by atoms with van der Waals surface area (Å²) in [6.07, 6.45) is -4.91. The van der Waals surface area contributed by atoms with Gasteiger partial charge >= 0.3 is 5.97 Å². The van der Waals surface area contributed by atoms with Crippen LogP contribution in [0.5, 0.6) is 0 Å². The second kappa shape index (κ2) is 6.81. The second-order valence-corrected chi connectivity index (χ2v) is 6.05. The molecule has 1 saturated heterocycles. The number of nitrogens with zero attached hydrogens (tertiary/aromatic N) is 1. The molecule has 9 nitrogen and oxygen atoms in total. The molecule has 0 saturated carbocycles. The van der Waals surface area contributed by atoms with Crippen LogP contribution in [0.4, 0.5) is 5.69 Å². The van der Waals surface area contributed by atoms with Gasteiger partial charge in [0.15, 0.2) is 0 Å². The molecule has 0 aliphatic carbocycles. The van der Waals surface area contributed by atoms with E-state index in [0.717, 1.165) is 7.11 Å². The molecule has 0 radical (unpaired) electrons. The van der Waals surface area contributed by atoms with Crippen LogP contribution in [0.1, 0.15) is 0 Å². The van der Waals surface area contributed by atoms with E-state index in [9.17, 15) is 30.2 Å². The van der Waals surface area contributed by atoms with Crippen LogP contribution in [0.3, 0.4) is 0 Å². The van der Waals surface area contributed by atoms with Crippen molar-refractivity contribution in [3.63, 3.8) is 0 Å². The SMILES string of the molecule is COC(=O)C1(Sc2ccccc2[N+](=O)[O-])OCC(O)C(O)C1O. The zero-order valence-electron chi connectivity index (χ0n) is 12.0. The van der Waals surface area contributed by atoms with E-state index in [4.69, 9.17) is 4.74 Å². The van der Waals surface area contributed by atoms with E-state index < -0.39 is 40.7 Å². The van der Waals surface area contributed by atoms with E-state index in [2.05, 4.69) is 4.74 Å². The summed E-state index contributed by atoms with van der Waals surface area (Å²) in [6, 6.07) is 5.57. The lowest BCUT2D eigenvalue weighted by molar-refractivity contribution is -0.387. The van der Waals surface area contributed by atoms with E-state index >= 15 is 0 Å². The molecule has 0 spiro atoms. The van der Waals surface area contributed by atoms with Crippen LogP contribution >= 0.6 is 11.8 Å². The van der Waals surface area contributed by atoms with Crippen LogP contribution in [0.2, 0.25) is 0 Å². The normalized spacial score (nSPS) is 30.7. The van der Waals surface area contributed by atoms with Crippen molar-refractivity contribution in [3.8, 4) is 0 Å². The van der Waals surface area contributed by atoms with Gasteiger partial charge in [0.25, 0.3) is 5.69 Å². The van der Waals surface area contributed by atoms with Crippen molar-refractivity contribution in [1.82, 2.24) is 0 Å². The molecule has 2 rings (SSSR count). The monoisotopic (exact) mass is 345 g/mol. The third-order valence-electron chi connectivity index (χ3n) is 3.37. The quantitative estimate of drug-likeness (QED) is 0.380. The molecule has 0 aromatic heterocycles. The number of nitro groups is 1. The molecule has 126 valence electrons. The lowest BCUT2D eigenvalue weighted by Gasteiger charge is -2.42. The number of hydrogen-bond donors (Lipinski definition) is 3. The van der Waals surface area contributed by atoms with Crippen molar-refractivity contribution in [3.05, 3.63) is 34.4 Å². The molecule has 0 amide bonds. The number of methoxy groups -OCH3 is 1. The zero-order valence-corrected chi connectivity index (χ0v) is 12.8. The van der Waals surface area contributed by atoms with Crippen LogP contribution in [0.15, 0.2) is 29.2 Å². The van der Waals surface area contributed by atoms with Gasteiger partial charge in [-0.05, 0) is 6.07 Å². The average Bonchev–Trinajstić information content (AvgIpc) is 2.55. The Kier molecular flexibility index (Phi) is 5.22. The Hall–Kier alpha value is -1.72. The number of ether oxygens (including phenoxy) is 2. The highest BCUT2D eigenvalue weighted by Crippen LogP contribution is 2.44. The number of thioether (sulfide) groups is 1. The zero-order chi connectivity index (χ0) is 17.2. The highest BCUT2D eigenvalue weighted by molar-refractivity contribution is 8.01. The summed E-state index contributed by atoms with van der Waals surface area (Å²) in [4.78, 5) is 20.5. The fourth-order valence-electron chi connectivity index (χ4n) is 2.14. The highest BCUT2D eigenvalue weighted by Gasteiger charge is 2.57. The molecule has 1 aliphatic rings. The Labute approximate surface area is 135 Å². The van der Waals surface area contributed by atoms with Gasteiger partial charge in [-0.15, -0.1) is 0 Å². The van der Waals surface area contributed by atoms with Crippen LogP contribution in [-0.4, -0.2) is 63.2 Å². The lowest BCUT2D eigenvalue weighted by atomic mass is 9.99. The van der Waals surface area contributed by atoms with E-state index in [1.807, 2.05) is 0 Å². The maximum atomic E-state index is 12.1. The number of nitro benzene ring substituents is 1. The van der Waals surface area contributed by atoms with Crippen molar-refractivity contribution < 1.29 is 34.5 Å². The highest BCUT2D eigenvalue weighted by atomic mass is 32.2. The van der Waals surface area contributed by atoms with Gasteiger partial charge < -0.3 is 24.8 Å². The van der Waals surface area contributed by atoms with Gasteiger partial charge in [0, 0.05) is 6.07 Å². The maximum absolute atomic E-state index is 12.1. The molecule has 4 unspecified atom stereocenters. The van der Waals surface area contributed by atoms with Crippen molar-refractivity contribution >= 4 is 23.4 Å². The summed E-state index contributed by atoms with van der Waals surface area (Å²) in [5, 5.41) is 40.7. The largest absolute Gasteiger partial charge is 0.466 e. The number of para-hydroxylation sites is 1. The summed E-state index contributed by atoms with van der Waals surface area (Å²) in [7, 11) is 1.05. The first-order valence-electron chi connectivity index (χ1n) is 6.52. The van der Waals surface area contributed by atoms with Crippen molar-refractivity contribution in [1.29, 1.82) is 0 Å². The molecular weight excluding hydrogens is 330 g/mol. The van der Waals surface area contributed by atoms with Crippen LogP contribution in [0.25, 0.3) is 0 Å². The summed E-state index contributed by atoms with van der Waals surface area (Å²) < 4.78 is 9.87. The first-order chi connectivity index (χ1) is 10.8. The van der Waals surface area contributed by atoms with Crippen LogP contribution < -0.4 is 0 Å². The topological polar surface area (TPSA) is 139 Å². The van der Waals surface area contributed by atoms with Gasteiger partial charge in [-0.2, -0.15) is 0 Å². The summed E-state index contributed by atoms with van der Waals surface area (Å²) in [5.74, 6) is -1.03. The standard InChI is InChI=1S/C13H15NO8S/c1-21-12(18)13(11(17)10(16)8(15)6-22-13)23-9-5-3-2-4-7(9)14(19)20/h2-5,8,10-11,15-17H,6H2,1H3. The maximum Gasteiger partial charge on any atom is 0.352 e. The fourth-order valence-corrected chi connectivity index (χ4v) is 3.41. The van der Waals surface area contributed by atoms with Gasteiger partial charge in [-0.1, -0.05) is 23.9 Å². The first-order valence-corrected chi connectivity index (χ1v) is 7.34. The molecule has 1 aromatic carbocycles. The number of carbonyl (C=O) groups is 1. The Bertz CT molecular complexity index is 611. The third kappa shape index (κ3) is 3.16. The van der Waals surface area contributed by atoms with Crippen molar-refractivity contribution in [2.45, 2.75) is 28.1 Å². The van der Waals surface area contributed by atoms with E-state index in [1.54, 1.807) is 0 Å². The minimum absolute atomic E-state index is 0.0468. The smallest absolute Gasteiger partial charge is 0.352 e. The first kappa shape index (κ1) is 17.6. The molecule has 4 atom stereocenters. The average molecular weight is 345 g/mol. The van der Waals surface area contributed by atoms with Gasteiger partial charge in [-0.25, -0.2) is 4.79 Å². The number of benzene rings is 1. The Morgan fingerprint density at radius 1 is 1.43 bits per heavy atom.